The average Bonchev–Trinajstić information content (AvgIpc) is 2.85. The first kappa shape index (κ1) is 12.4. The number of aryl methyl sites for hydroxylation is 1. The van der Waals surface area contributed by atoms with Crippen LogP contribution in [0.4, 0.5) is 5.95 Å². The molecule has 1 saturated heterocycles. The highest BCUT2D eigenvalue weighted by Gasteiger charge is 2.22. The molecule has 2 aromatic rings. The Morgan fingerprint density at radius 3 is 3.16 bits per heavy atom. The Bertz CT molecular complexity index is 565. The van der Waals surface area contributed by atoms with E-state index in [-0.39, 0.29) is 6.10 Å². The van der Waals surface area contributed by atoms with E-state index >= 15 is 0 Å². The molecule has 0 amide bonds. The van der Waals surface area contributed by atoms with Crippen LogP contribution >= 0.6 is 0 Å². The number of aromatic nitrogens is 3. The molecule has 0 aromatic carbocycles. The van der Waals surface area contributed by atoms with Crippen molar-refractivity contribution in [2.24, 2.45) is 0 Å². The number of rotatable bonds is 3. The third-order valence-corrected chi connectivity index (χ3v) is 3.39. The van der Waals surface area contributed by atoms with Crippen molar-refractivity contribution < 1.29 is 4.74 Å². The number of nitrogens with one attached hydrogen (secondary N) is 1. The molecule has 2 aromatic heterocycles. The second kappa shape index (κ2) is 5.14. The van der Waals surface area contributed by atoms with Crippen molar-refractivity contribution in [2.45, 2.75) is 13.0 Å². The van der Waals surface area contributed by atoms with Gasteiger partial charge in [-0.25, -0.2) is 4.52 Å². The standard InChI is InChI=1S/C13H19N5O/c1-10-4-3-5-12-15-13(16-18(10)12)17-6-7-19-11(9-17)8-14-2/h3-5,11,14H,6-9H2,1-2H3. The summed E-state index contributed by atoms with van der Waals surface area (Å²) >= 11 is 0. The quantitative estimate of drug-likeness (QED) is 0.870. The zero-order chi connectivity index (χ0) is 13.2. The van der Waals surface area contributed by atoms with Gasteiger partial charge in [-0.2, -0.15) is 4.98 Å². The van der Waals surface area contributed by atoms with Gasteiger partial charge in [-0.15, -0.1) is 5.10 Å². The zero-order valence-electron chi connectivity index (χ0n) is 11.3. The molecule has 102 valence electrons. The average molecular weight is 261 g/mol. The molecular formula is C13H19N5O. The maximum atomic E-state index is 5.70. The van der Waals surface area contributed by atoms with Crippen molar-refractivity contribution in [1.29, 1.82) is 0 Å². The van der Waals surface area contributed by atoms with E-state index in [9.17, 15) is 0 Å². The number of fused-ring (bicyclic) bond motifs is 1. The highest BCUT2D eigenvalue weighted by molar-refractivity contribution is 5.46. The molecule has 0 aliphatic carbocycles. The predicted octanol–water partition coefficient (Wildman–Crippen LogP) is 0.462. The van der Waals surface area contributed by atoms with Crippen LogP contribution in [0.5, 0.6) is 0 Å². The minimum absolute atomic E-state index is 0.200. The van der Waals surface area contributed by atoms with Gasteiger partial charge in [-0.3, -0.25) is 0 Å². The molecular weight excluding hydrogens is 242 g/mol. The summed E-state index contributed by atoms with van der Waals surface area (Å²) in [4.78, 5) is 6.79. The molecule has 3 heterocycles. The summed E-state index contributed by atoms with van der Waals surface area (Å²) in [7, 11) is 1.94. The highest BCUT2D eigenvalue weighted by atomic mass is 16.5. The molecule has 3 rings (SSSR count). The van der Waals surface area contributed by atoms with Gasteiger partial charge in [0.25, 0.3) is 0 Å². The molecule has 1 aliphatic rings. The molecule has 6 nitrogen and oxygen atoms in total. The summed E-state index contributed by atoms with van der Waals surface area (Å²) in [5, 5.41) is 7.73. The van der Waals surface area contributed by atoms with Crippen molar-refractivity contribution >= 4 is 11.6 Å². The summed E-state index contributed by atoms with van der Waals surface area (Å²) in [5.41, 5.74) is 1.99. The lowest BCUT2D eigenvalue weighted by atomic mass is 10.3. The second-order valence-electron chi connectivity index (χ2n) is 4.85. The fourth-order valence-corrected chi connectivity index (χ4v) is 2.41. The van der Waals surface area contributed by atoms with Crippen molar-refractivity contribution in [1.82, 2.24) is 19.9 Å². The van der Waals surface area contributed by atoms with Gasteiger partial charge in [0.1, 0.15) is 0 Å². The first-order chi connectivity index (χ1) is 9.28. The number of hydrogen-bond acceptors (Lipinski definition) is 5. The largest absolute Gasteiger partial charge is 0.373 e. The summed E-state index contributed by atoms with van der Waals surface area (Å²) in [6.07, 6.45) is 0.200. The second-order valence-corrected chi connectivity index (χ2v) is 4.85. The third kappa shape index (κ3) is 2.41. The molecule has 1 fully saturated rings. The van der Waals surface area contributed by atoms with Crippen molar-refractivity contribution in [3.05, 3.63) is 23.9 Å². The Balaban J connectivity index is 1.85. The molecule has 1 atom stereocenters. The Morgan fingerprint density at radius 2 is 2.37 bits per heavy atom. The van der Waals surface area contributed by atoms with Crippen LogP contribution in [0, 0.1) is 6.92 Å². The Kier molecular flexibility index (Phi) is 3.35. The lowest BCUT2D eigenvalue weighted by Crippen LogP contribution is -2.46. The van der Waals surface area contributed by atoms with Gasteiger partial charge >= 0.3 is 0 Å². The van der Waals surface area contributed by atoms with Crippen LogP contribution < -0.4 is 10.2 Å². The van der Waals surface area contributed by atoms with Crippen molar-refractivity contribution in [2.75, 3.05) is 38.2 Å². The number of hydrogen-bond donors (Lipinski definition) is 1. The molecule has 0 spiro atoms. The monoisotopic (exact) mass is 261 g/mol. The SMILES string of the molecule is CNCC1CN(c2nc3cccc(C)n3n2)CCO1. The molecule has 1 N–H and O–H groups in total. The lowest BCUT2D eigenvalue weighted by molar-refractivity contribution is 0.0416. The smallest absolute Gasteiger partial charge is 0.245 e. The highest BCUT2D eigenvalue weighted by Crippen LogP contribution is 2.15. The van der Waals surface area contributed by atoms with E-state index < -0.39 is 0 Å². The van der Waals surface area contributed by atoms with E-state index in [2.05, 4.69) is 20.3 Å². The van der Waals surface area contributed by atoms with E-state index in [0.717, 1.165) is 43.5 Å². The van der Waals surface area contributed by atoms with E-state index in [0.29, 0.717) is 0 Å². The summed E-state index contributed by atoms with van der Waals surface area (Å²) < 4.78 is 7.59. The number of anilines is 1. The Hall–Kier alpha value is -1.66. The van der Waals surface area contributed by atoms with Gasteiger partial charge in [0.05, 0.1) is 12.7 Å². The van der Waals surface area contributed by atoms with Crippen molar-refractivity contribution in [3.63, 3.8) is 0 Å². The van der Waals surface area contributed by atoms with Gasteiger partial charge in [-0.1, -0.05) is 6.07 Å². The van der Waals surface area contributed by atoms with E-state index in [4.69, 9.17) is 4.74 Å². The third-order valence-electron chi connectivity index (χ3n) is 3.39. The van der Waals surface area contributed by atoms with Gasteiger partial charge in [-0.05, 0) is 26.1 Å². The first-order valence-corrected chi connectivity index (χ1v) is 6.61. The minimum Gasteiger partial charge on any atom is -0.373 e. The van der Waals surface area contributed by atoms with Gasteiger partial charge < -0.3 is 15.0 Å². The van der Waals surface area contributed by atoms with E-state index in [1.807, 2.05) is 36.7 Å². The number of morpholine rings is 1. The first-order valence-electron chi connectivity index (χ1n) is 6.61. The normalized spacial score (nSPS) is 20.1. The number of ether oxygens (including phenoxy) is 1. The van der Waals surface area contributed by atoms with Crippen LogP contribution in [0.2, 0.25) is 0 Å². The molecule has 1 aliphatic heterocycles. The van der Waals surface area contributed by atoms with Crippen LogP contribution in [-0.4, -0.2) is 54.0 Å². The van der Waals surface area contributed by atoms with E-state index in [1.54, 1.807) is 0 Å². The van der Waals surface area contributed by atoms with Crippen LogP contribution in [0.3, 0.4) is 0 Å². The fraction of sp³-hybridized carbons (Fsp3) is 0.538. The molecule has 0 radical (unpaired) electrons. The summed E-state index contributed by atoms with van der Waals surface area (Å²) in [6, 6.07) is 6.02. The fourth-order valence-electron chi connectivity index (χ4n) is 2.41. The molecule has 6 heteroatoms. The lowest BCUT2D eigenvalue weighted by Gasteiger charge is -2.32. The number of nitrogens with zero attached hydrogens (tertiary/aromatic N) is 4. The van der Waals surface area contributed by atoms with Crippen LogP contribution in [0.1, 0.15) is 5.69 Å². The van der Waals surface area contributed by atoms with Crippen LogP contribution in [0.15, 0.2) is 18.2 Å². The Labute approximate surface area is 112 Å². The minimum atomic E-state index is 0.200. The molecule has 0 saturated carbocycles. The summed E-state index contributed by atoms with van der Waals surface area (Å²) in [5.74, 6) is 0.790. The van der Waals surface area contributed by atoms with Crippen molar-refractivity contribution in [3.8, 4) is 0 Å². The van der Waals surface area contributed by atoms with Gasteiger partial charge in [0.2, 0.25) is 5.95 Å². The van der Waals surface area contributed by atoms with Crippen LogP contribution in [-0.2, 0) is 4.74 Å². The van der Waals surface area contributed by atoms with Gasteiger partial charge in [0, 0.05) is 25.3 Å². The van der Waals surface area contributed by atoms with Crippen LogP contribution in [0.25, 0.3) is 5.65 Å². The summed E-state index contributed by atoms with van der Waals surface area (Å²) in [6.45, 7) is 5.28. The maximum Gasteiger partial charge on any atom is 0.245 e. The maximum absolute atomic E-state index is 5.70. The molecule has 0 bridgehead atoms. The van der Waals surface area contributed by atoms with Gasteiger partial charge in [0.15, 0.2) is 5.65 Å². The van der Waals surface area contributed by atoms with E-state index in [1.165, 1.54) is 0 Å². The number of likely N-dealkylation sites (N-methyl/N-ethyl adjacent to an activating group) is 1. The number of pyridine rings is 1. The molecule has 1 unspecified atom stereocenters. The predicted molar refractivity (Wildman–Crippen MR) is 73.6 cm³/mol. The Morgan fingerprint density at radius 1 is 1.47 bits per heavy atom. The topological polar surface area (TPSA) is 54.7 Å². The molecule has 19 heavy (non-hydrogen) atoms. The zero-order valence-corrected chi connectivity index (χ0v) is 11.3.